The molecule has 0 bridgehead atoms. The van der Waals surface area contributed by atoms with Gasteiger partial charge in [0.05, 0.1) is 4.47 Å². The number of aromatic nitrogens is 2. The van der Waals surface area contributed by atoms with Crippen LogP contribution in [0.2, 0.25) is 5.15 Å². The van der Waals surface area contributed by atoms with E-state index in [2.05, 4.69) is 25.9 Å². The number of aldehydes is 1. The highest BCUT2D eigenvalue weighted by Gasteiger charge is 2.11. The number of hydrogen-bond acceptors (Lipinski definition) is 5. The van der Waals surface area contributed by atoms with Crippen LogP contribution in [-0.4, -0.2) is 16.3 Å². The van der Waals surface area contributed by atoms with E-state index in [0.717, 1.165) is 9.50 Å². The summed E-state index contributed by atoms with van der Waals surface area (Å²) in [7, 11) is 0. The molecule has 0 fully saturated rings. The fourth-order valence-electron chi connectivity index (χ4n) is 0.940. The standard InChI is InChI=1S/C9H4BrClN2OS2/c10-5-2-1-3-12-8(5)16-9-13-7(11)6(4-14)15-9/h1-4H. The molecular formula is C9H4BrClN2OS2. The quantitative estimate of drug-likeness (QED) is 0.797. The number of rotatable bonds is 3. The zero-order valence-corrected chi connectivity index (χ0v) is 11.7. The summed E-state index contributed by atoms with van der Waals surface area (Å²) in [6, 6.07) is 3.73. The van der Waals surface area contributed by atoms with Crippen LogP contribution in [-0.2, 0) is 0 Å². The summed E-state index contributed by atoms with van der Waals surface area (Å²) in [4.78, 5) is 19.3. The van der Waals surface area contributed by atoms with Crippen LogP contribution >= 0.6 is 50.6 Å². The molecule has 0 aliphatic rings. The average molecular weight is 336 g/mol. The van der Waals surface area contributed by atoms with Crippen LogP contribution in [0.5, 0.6) is 0 Å². The van der Waals surface area contributed by atoms with Crippen LogP contribution in [0, 0.1) is 0 Å². The minimum atomic E-state index is 0.245. The summed E-state index contributed by atoms with van der Waals surface area (Å²) in [5.41, 5.74) is 0. The van der Waals surface area contributed by atoms with Gasteiger partial charge < -0.3 is 0 Å². The SMILES string of the molecule is O=Cc1sc(Sc2ncccc2Br)nc1Cl. The monoisotopic (exact) mass is 334 g/mol. The third-order valence-electron chi connectivity index (χ3n) is 1.61. The van der Waals surface area contributed by atoms with Crippen molar-refractivity contribution < 1.29 is 4.79 Å². The number of carbonyl (C=O) groups is 1. The summed E-state index contributed by atoms with van der Waals surface area (Å²) in [6.07, 6.45) is 2.40. The molecule has 16 heavy (non-hydrogen) atoms. The van der Waals surface area contributed by atoms with Crippen LogP contribution < -0.4 is 0 Å². The Morgan fingerprint density at radius 2 is 2.38 bits per heavy atom. The number of nitrogens with zero attached hydrogens (tertiary/aromatic N) is 2. The van der Waals surface area contributed by atoms with Gasteiger partial charge in [0.1, 0.15) is 9.90 Å². The Labute approximate surface area is 113 Å². The van der Waals surface area contributed by atoms with E-state index in [-0.39, 0.29) is 5.15 Å². The van der Waals surface area contributed by atoms with Gasteiger partial charge in [-0.3, -0.25) is 4.79 Å². The molecule has 0 aromatic carbocycles. The normalized spacial score (nSPS) is 10.4. The molecular weight excluding hydrogens is 332 g/mol. The van der Waals surface area contributed by atoms with E-state index >= 15 is 0 Å². The molecule has 0 N–H and O–H groups in total. The third-order valence-corrected chi connectivity index (χ3v) is 4.97. The van der Waals surface area contributed by atoms with E-state index in [1.807, 2.05) is 12.1 Å². The van der Waals surface area contributed by atoms with Crippen molar-refractivity contribution in [1.29, 1.82) is 0 Å². The Kier molecular flexibility index (Phi) is 3.96. The van der Waals surface area contributed by atoms with Crippen molar-refractivity contribution in [3.63, 3.8) is 0 Å². The predicted molar refractivity (Wildman–Crippen MR) is 68.6 cm³/mol. The highest BCUT2D eigenvalue weighted by molar-refractivity contribution is 9.10. The number of thiazole rings is 1. The number of carbonyl (C=O) groups excluding carboxylic acids is 1. The summed E-state index contributed by atoms with van der Waals surface area (Å²) >= 11 is 11.8. The van der Waals surface area contributed by atoms with Gasteiger partial charge in [-0.15, -0.1) is 11.3 Å². The second kappa shape index (κ2) is 5.27. The van der Waals surface area contributed by atoms with Gasteiger partial charge in [0.25, 0.3) is 0 Å². The first-order valence-corrected chi connectivity index (χ1v) is 6.91. The summed E-state index contributed by atoms with van der Waals surface area (Å²) in [5, 5.41) is 1.04. The second-order valence-corrected chi connectivity index (χ2v) is 6.12. The maximum Gasteiger partial charge on any atom is 0.163 e. The maximum atomic E-state index is 10.6. The lowest BCUT2D eigenvalue weighted by Crippen LogP contribution is -1.79. The minimum Gasteiger partial charge on any atom is -0.297 e. The van der Waals surface area contributed by atoms with Gasteiger partial charge in [0.15, 0.2) is 15.8 Å². The Morgan fingerprint density at radius 3 is 3.00 bits per heavy atom. The van der Waals surface area contributed by atoms with Crippen molar-refractivity contribution >= 4 is 56.9 Å². The molecule has 2 aromatic rings. The third kappa shape index (κ3) is 2.63. The lowest BCUT2D eigenvalue weighted by molar-refractivity contribution is 0.112. The van der Waals surface area contributed by atoms with Crippen LogP contribution in [0.3, 0.4) is 0 Å². The lowest BCUT2D eigenvalue weighted by atomic mass is 10.5. The predicted octanol–water partition coefficient (Wildman–Crippen LogP) is 3.92. The Bertz CT molecular complexity index is 532. The summed E-state index contributed by atoms with van der Waals surface area (Å²) in [6.45, 7) is 0. The first kappa shape index (κ1) is 12.0. The van der Waals surface area contributed by atoms with Gasteiger partial charge in [-0.25, -0.2) is 9.97 Å². The van der Waals surface area contributed by atoms with Gasteiger partial charge in [-0.05, 0) is 39.8 Å². The van der Waals surface area contributed by atoms with Crippen molar-refractivity contribution in [2.45, 2.75) is 9.37 Å². The summed E-state index contributed by atoms with van der Waals surface area (Å²) in [5.74, 6) is 0. The van der Waals surface area contributed by atoms with Gasteiger partial charge in [-0.2, -0.15) is 0 Å². The number of pyridine rings is 1. The van der Waals surface area contributed by atoms with Crippen molar-refractivity contribution in [3.8, 4) is 0 Å². The molecule has 0 saturated heterocycles. The highest BCUT2D eigenvalue weighted by Crippen LogP contribution is 2.35. The van der Waals surface area contributed by atoms with E-state index in [1.54, 1.807) is 6.20 Å². The van der Waals surface area contributed by atoms with Crippen molar-refractivity contribution in [3.05, 3.63) is 32.8 Å². The van der Waals surface area contributed by atoms with Crippen molar-refractivity contribution in [2.75, 3.05) is 0 Å². The Morgan fingerprint density at radius 1 is 1.56 bits per heavy atom. The largest absolute Gasteiger partial charge is 0.297 e. The molecule has 0 atom stereocenters. The molecule has 2 rings (SSSR count). The number of halogens is 2. The zero-order valence-electron chi connectivity index (χ0n) is 7.68. The highest BCUT2D eigenvalue weighted by atomic mass is 79.9. The molecule has 0 unspecified atom stereocenters. The molecule has 0 aliphatic heterocycles. The van der Waals surface area contributed by atoms with E-state index in [0.29, 0.717) is 15.5 Å². The lowest BCUT2D eigenvalue weighted by Gasteiger charge is -1.98. The topological polar surface area (TPSA) is 42.9 Å². The van der Waals surface area contributed by atoms with Crippen LogP contribution in [0.4, 0.5) is 0 Å². The van der Waals surface area contributed by atoms with Crippen molar-refractivity contribution in [2.24, 2.45) is 0 Å². The van der Waals surface area contributed by atoms with E-state index in [4.69, 9.17) is 11.6 Å². The molecule has 0 amide bonds. The molecule has 3 nitrogen and oxygen atoms in total. The van der Waals surface area contributed by atoms with Gasteiger partial charge in [0, 0.05) is 6.20 Å². The van der Waals surface area contributed by atoms with Crippen LogP contribution in [0.1, 0.15) is 9.67 Å². The Hall–Kier alpha value is -0.430. The fraction of sp³-hybridized carbons (Fsp3) is 0. The van der Waals surface area contributed by atoms with Gasteiger partial charge in [0.2, 0.25) is 0 Å². The Balaban J connectivity index is 2.27. The van der Waals surface area contributed by atoms with Gasteiger partial charge in [-0.1, -0.05) is 11.6 Å². The number of hydrogen-bond donors (Lipinski definition) is 0. The zero-order chi connectivity index (χ0) is 11.5. The second-order valence-electron chi connectivity index (χ2n) is 2.65. The molecule has 2 heterocycles. The fourth-order valence-corrected chi connectivity index (χ4v) is 3.54. The molecule has 0 radical (unpaired) electrons. The molecule has 2 aromatic heterocycles. The molecule has 7 heteroatoms. The van der Waals surface area contributed by atoms with E-state index < -0.39 is 0 Å². The van der Waals surface area contributed by atoms with Gasteiger partial charge >= 0.3 is 0 Å². The average Bonchev–Trinajstić information content (AvgIpc) is 2.62. The van der Waals surface area contributed by atoms with E-state index in [9.17, 15) is 4.79 Å². The first-order chi connectivity index (χ1) is 7.70. The van der Waals surface area contributed by atoms with Crippen molar-refractivity contribution in [1.82, 2.24) is 9.97 Å². The molecule has 82 valence electrons. The summed E-state index contributed by atoms with van der Waals surface area (Å²) < 4.78 is 1.59. The van der Waals surface area contributed by atoms with E-state index in [1.165, 1.54) is 23.1 Å². The molecule has 0 spiro atoms. The van der Waals surface area contributed by atoms with Crippen LogP contribution in [0.15, 0.2) is 32.2 Å². The first-order valence-electron chi connectivity index (χ1n) is 4.10. The maximum absolute atomic E-state index is 10.6. The minimum absolute atomic E-state index is 0.245. The molecule has 0 saturated carbocycles. The molecule has 0 aliphatic carbocycles. The smallest absolute Gasteiger partial charge is 0.163 e. The van der Waals surface area contributed by atoms with Crippen LogP contribution in [0.25, 0.3) is 0 Å².